The minimum Gasteiger partial charge on any atom is -0.316 e. The van der Waals surface area contributed by atoms with E-state index in [2.05, 4.69) is 39.4 Å². The minimum atomic E-state index is 0.648. The second-order valence-corrected chi connectivity index (χ2v) is 4.22. The van der Waals surface area contributed by atoms with Gasteiger partial charge in [0.1, 0.15) is 0 Å². The lowest BCUT2D eigenvalue weighted by Gasteiger charge is -2.04. The van der Waals surface area contributed by atoms with Crippen molar-refractivity contribution in [2.24, 2.45) is 0 Å². The molecule has 1 nitrogen and oxygen atoms in total. The molecule has 0 saturated carbocycles. The van der Waals surface area contributed by atoms with E-state index in [1.54, 1.807) is 0 Å². The van der Waals surface area contributed by atoms with Gasteiger partial charge in [0.2, 0.25) is 0 Å². The molecule has 2 heteroatoms. The quantitative estimate of drug-likeness (QED) is 0.773. The highest BCUT2D eigenvalue weighted by molar-refractivity contribution is 9.10. The molecule has 0 aliphatic heterocycles. The fourth-order valence-electron chi connectivity index (χ4n) is 1.79. The van der Waals surface area contributed by atoms with E-state index in [0.717, 1.165) is 0 Å². The van der Waals surface area contributed by atoms with E-state index in [1.165, 1.54) is 28.4 Å². The molecule has 64 valence electrons. The van der Waals surface area contributed by atoms with Gasteiger partial charge < -0.3 is 5.32 Å². The van der Waals surface area contributed by atoms with Gasteiger partial charge >= 0.3 is 0 Å². The zero-order valence-electron chi connectivity index (χ0n) is 7.10. The fourth-order valence-corrected chi connectivity index (χ4v) is 2.20. The molecule has 0 fully saturated rings. The maximum atomic E-state index is 3.49. The summed E-state index contributed by atoms with van der Waals surface area (Å²) in [7, 11) is 2.03. The molecule has 0 saturated heterocycles. The number of halogens is 1. The Morgan fingerprint density at radius 1 is 1.33 bits per heavy atom. The second kappa shape index (κ2) is 3.19. The molecule has 1 N–H and O–H groups in total. The lowest BCUT2D eigenvalue weighted by atomic mass is 10.1. The number of hydrogen-bond donors (Lipinski definition) is 1. The Balaban J connectivity index is 2.30. The lowest BCUT2D eigenvalue weighted by molar-refractivity contribution is 0.593. The molecule has 12 heavy (non-hydrogen) atoms. The molecule has 0 amide bonds. The van der Waals surface area contributed by atoms with Crippen LogP contribution in [0.15, 0.2) is 22.7 Å². The molecule has 2 rings (SSSR count). The highest BCUT2D eigenvalue weighted by Crippen LogP contribution is 2.25. The summed E-state index contributed by atoms with van der Waals surface area (Å²) in [5, 5.41) is 3.31. The zero-order chi connectivity index (χ0) is 8.55. The van der Waals surface area contributed by atoms with E-state index < -0.39 is 0 Å². The van der Waals surface area contributed by atoms with Crippen LogP contribution in [0.2, 0.25) is 0 Å². The van der Waals surface area contributed by atoms with E-state index in [9.17, 15) is 0 Å². The Bertz CT molecular complexity index is 296. The van der Waals surface area contributed by atoms with Gasteiger partial charge in [0.15, 0.2) is 0 Å². The van der Waals surface area contributed by atoms with Crippen molar-refractivity contribution in [2.75, 3.05) is 7.05 Å². The normalized spacial score (nSPS) is 21.0. The number of benzene rings is 1. The van der Waals surface area contributed by atoms with Gasteiger partial charge in [0.05, 0.1) is 0 Å². The smallest absolute Gasteiger partial charge is 0.0178 e. The van der Waals surface area contributed by atoms with Gasteiger partial charge in [0, 0.05) is 10.5 Å². The molecular weight excluding hydrogens is 214 g/mol. The average molecular weight is 226 g/mol. The van der Waals surface area contributed by atoms with Crippen LogP contribution >= 0.6 is 15.9 Å². The molecule has 0 radical (unpaired) electrons. The summed E-state index contributed by atoms with van der Waals surface area (Å²) in [4.78, 5) is 0. The molecule has 0 aromatic heterocycles. The van der Waals surface area contributed by atoms with Crippen molar-refractivity contribution >= 4 is 15.9 Å². The Labute approximate surface area is 81.3 Å². The Hall–Kier alpha value is -0.340. The topological polar surface area (TPSA) is 12.0 Å². The number of likely N-dealkylation sites (N-methyl/N-ethyl adjacent to an activating group) is 1. The van der Waals surface area contributed by atoms with E-state index >= 15 is 0 Å². The minimum absolute atomic E-state index is 0.648. The highest BCUT2D eigenvalue weighted by atomic mass is 79.9. The summed E-state index contributed by atoms with van der Waals surface area (Å²) in [5.41, 5.74) is 2.99. The van der Waals surface area contributed by atoms with Crippen molar-refractivity contribution in [3.63, 3.8) is 0 Å². The molecule has 1 atom stereocenters. The number of rotatable bonds is 1. The van der Waals surface area contributed by atoms with Crippen molar-refractivity contribution in [1.29, 1.82) is 0 Å². The summed E-state index contributed by atoms with van der Waals surface area (Å²) in [5.74, 6) is 0. The van der Waals surface area contributed by atoms with E-state index in [0.29, 0.717) is 6.04 Å². The van der Waals surface area contributed by atoms with Gasteiger partial charge in [-0.2, -0.15) is 0 Å². The second-order valence-electron chi connectivity index (χ2n) is 3.31. The molecule has 1 aromatic rings. The third-order valence-corrected chi connectivity index (χ3v) is 3.00. The van der Waals surface area contributed by atoms with E-state index in [1.807, 2.05) is 7.05 Å². The first-order chi connectivity index (χ1) is 5.79. The van der Waals surface area contributed by atoms with Crippen molar-refractivity contribution < 1.29 is 0 Å². The van der Waals surface area contributed by atoms with Crippen LogP contribution in [-0.2, 0) is 12.8 Å². The third-order valence-electron chi connectivity index (χ3n) is 2.51. The lowest BCUT2D eigenvalue weighted by Crippen LogP contribution is -2.24. The van der Waals surface area contributed by atoms with Crippen LogP contribution in [0, 0.1) is 0 Å². The SMILES string of the molecule is CNC1Cc2ccc(Br)cc2C1. The van der Waals surface area contributed by atoms with Crippen molar-refractivity contribution in [3.05, 3.63) is 33.8 Å². The van der Waals surface area contributed by atoms with Crippen LogP contribution < -0.4 is 5.32 Å². The summed E-state index contributed by atoms with van der Waals surface area (Å²) >= 11 is 3.49. The van der Waals surface area contributed by atoms with Gasteiger partial charge in [-0.15, -0.1) is 0 Å². The third kappa shape index (κ3) is 1.41. The molecular formula is C10H12BrN. The average Bonchev–Trinajstić information content (AvgIpc) is 2.46. The summed E-state index contributed by atoms with van der Waals surface area (Å²) in [6.07, 6.45) is 2.35. The predicted octanol–water partition coefficient (Wildman–Crippen LogP) is 2.14. The maximum Gasteiger partial charge on any atom is 0.0178 e. The largest absolute Gasteiger partial charge is 0.316 e. The zero-order valence-corrected chi connectivity index (χ0v) is 8.69. The van der Waals surface area contributed by atoms with Crippen LogP contribution in [0.5, 0.6) is 0 Å². The molecule has 0 spiro atoms. The first-order valence-corrected chi connectivity index (χ1v) is 5.03. The van der Waals surface area contributed by atoms with Crippen LogP contribution in [0.25, 0.3) is 0 Å². The van der Waals surface area contributed by atoms with Gasteiger partial charge in [-0.05, 0) is 43.1 Å². The van der Waals surface area contributed by atoms with Crippen molar-refractivity contribution in [2.45, 2.75) is 18.9 Å². The molecule has 1 aliphatic carbocycles. The Morgan fingerprint density at radius 3 is 2.83 bits per heavy atom. The summed E-state index contributed by atoms with van der Waals surface area (Å²) in [6.45, 7) is 0. The number of nitrogens with one attached hydrogen (secondary N) is 1. The molecule has 1 unspecified atom stereocenters. The van der Waals surface area contributed by atoms with Crippen LogP contribution in [0.3, 0.4) is 0 Å². The van der Waals surface area contributed by atoms with Gasteiger partial charge in [0.25, 0.3) is 0 Å². The molecule has 1 aromatic carbocycles. The monoisotopic (exact) mass is 225 g/mol. The summed E-state index contributed by atoms with van der Waals surface area (Å²) in [6, 6.07) is 7.22. The molecule has 0 bridgehead atoms. The first kappa shape index (κ1) is 8.27. The fraction of sp³-hybridized carbons (Fsp3) is 0.400. The van der Waals surface area contributed by atoms with Gasteiger partial charge in [-0.3, -0.25) is 0 Å². The Morgan fingerprint density at radius 2 is 2.08 bits per heavy atom. The van der Waals surface area contributed by atoms with Crippen LogP contribution in [0.4, 0.5) is 0 Å². The molecule has 0 heterocycles. The van der Waals surface area contributed by atoms with Gasteiger partial charge in [-0.25, -0.2) is 0 Å². The Kier molecular flexibility index (Phi) is 2.20. The highest BCUT2D eigenvalue weighted by Gasteiger charge is 2.19. The van der Waals surface area contributed by atoms with E-state index in [4.69, 9.17) is 0 Å². The van der Waals surface area contributed by atoms with Gasteiger partial charge in [-0.1, -0.05) is 22.0 Å². The number of fused-ring (bicyclic) bond motifs is 1. The number of hydrogen-bond acceptors (Lipinski definition) is 1. The molecule has 1 aliphatic rings. The standard InChI is InChI=1S/C10H12BrN/c1-12-10-5-7-2-3-9(11)4-8(7)6-10/h2-4,10,12H,5-6H2,1H3. The predicted molar refractivity (Wildman–Crippen MR) is 54.4 cm³/mol. The first-order valence-electron chi connectivity index (χ1n) is 4.24. The van der Waals surface area contributed by atoms with Crippen LogP contribution in [-0.4, -0.2) is 13.1 Å². The van der Waals surface area contributed by atoms with Crippen LogP contribution in [0.1, 0.15) is 11.1 Å². The maximum absolute atomic E-state index is 3.49. The van der Waals surface area contributed by atoms with Crippen molar-refractivity contribution in [3.8, 4) is 0 Å². The van der Waals surface area contributed by atoms with E-state index in [-0.39, 0.29) is 0 Å². The van der Waals surface area contributed by atoms with Crippen molar-refractivity contribution in [1.82, 2.24) is 5.32 Å². The summed E-state index contributed by atoms with van der Waals surface area (Å²) < 4.78 is 1.19.